The molecule has 1 aliphatic heterocycles. The molecule has 0 aromatic rings. The van der Waals surface area contributed by atoms with Gasteiger partial charge in [0.25, 0.3) is 0 Å². The van der Waals surface area contributed by atoms with Gasteiger partial charge in [0.05, 0.1) is 12.2 Å². The van der Waals surface area contributed by atoms with Crippen LogP contribution >= 0.6 is 0 Å². The Labute approximate surface area is 106 Å². The molecule has 1 aliphatic rings. The highest BCUT2D eigenvalue weighted by atomic mass is 16.5. The second-order valence-corrected chi connectivity index (χ2v) is 5.15. The Morgan fingerprint density at radius 2 is 2.29 bits per heavy atom. The summed E-state index contributed by atoms with van der Waals surface area (Å²) in [6, 6.07) is 0.578. The normalized spacial score (nSPS) is 23.8. The van der Waals surface area contributed by atoms with E-state index in [0.717, 1.165) is 19.6 Å². The molecule has 0 bridgehead atoms. The van der Waals surface area contributed by atoms with E-state index in [0.29, 0.717) is 18.2 Å². The van der Waals surface area contributed by atoms with E-state index in [1.807, 2.05) is 0 Å². The van der Waals surface area contributed by atoms with Gasteiger partial charge in [-0.2, -0.15) is 0 Å². The van der Waals surface area contributed by atoms with Gasteiger partial charge in [0.15, 0.2) is 0 Å². The quantitative estimate of drug-likeness (QED) is 0.675. The van der Waals surface area contributed by atoms with Crippen LogP contribution in [0.2, 0.25) is 0 Å². The first-order chi connectivity index (χ1) is 8.26. The van der Waals surface area contributed by atoms with E-state index >= 15 is 0 Å². The predicted octanol–water partition coefficient (Wildman–Crippen LogP) is 2.74. The summed E-state index contributed by atoms with van der Waals surface area (Å²) in [6.07, 6.45) is 8.04. The van der Waals surface area contributed by atoms with Crippen LogP contribution in [0.1, 0.15) is 52.4 Å². The summed E-state index contributed by atoms with van der Waals surface area (Å²) < 4.78 is 11.0. The Morgan fingerprint density at radius 3 is 2.88 bits per heavy atom. The second-order valence-electron chi connectivity index (χ2n) is 5.15. The van der Waals surface area contributed by atoms with Crippen LogP contribution in [0.3, 0.4) is 0 Å². The fraction of sp³-hybridized carbons (Fsp3) is 1.00. The Bertz CT molecular complexity index is 181. The van der Waals surface area contributed by atoms with Crippen LogP contribution in [0, 0.1) is 0 Å². The summed E-state index contributed by atoms with van der Waals surface area (Å²) in [6.45, 7) is 6.43. The van der Waals surface area contributed by atoms with E-state index < -0.39 is 0 Å². The minimum Gasteiger partial charge on any atom is -0.382 e. The predicted molar refractivity (Wildman–Crippen MR) is 71.4 cm³/mol. The third kappa shape index (κ3) is 6.39. The van der Waals surface area contributed by atoms with Crippen molar-refractivity contribution in [1.29, 1.82) is 0 Å². The molecule has 3 heteroatoms. The number of nitrogens with one attached hydrogen (secondary N) is 1. The zero-order valence-corrected chi connectivity index (χ0v) is 11.7. The fourth-order valence-electron chi connectivity index (χ4n) is 2.41. The van der Waals surface area contributed by atoms with Gasteiger partial charge < -0.3 is 14.8 Å². The van der Waals surface area contributed by atoms with E-state index in [2.05, 4.69) is 19.2 Å². The smallest absolute Gasteiger partial charge is 0.0576 e. The number of hydrogen-bond acceptors (Lipinski definition) is 3. The van der Waals surface area contributed by atoms with Crippen molar-refractivity contribution in [3.63, 3.8) is 0 Å². The van der Waals surface area contributed by atoms with Gasteiger partial charge in [-0.25, -0.2) is 0 Å². The van der Waals surface area contributed by atoms with E-state index in [9.17, 15) is 0 Å². The molecule has 1 saturated heterocycles. The lowest BCUT2D eigenvalue weighted by atomic mass is 10.0. The van der Waals surface area contributed by atoms with Gasteiger partial charge in [-0.05, 0) is 52.0 Å². The van der Waals surface area contributed by atoms with Crippen LogP contribution < -0.4 is 5.32 Å². The highest BCUT2D eigenvalue weighted by Crippen LogP contribution is 2.19. The zero-order chi connectivity index (χ0) is 12.5. The maximum atomic E-state index is 5.68. The van der Waals surface area contributed by atoms with Crippen LogP contribution in [0.5, 0.6) is 0 Å². The number of methoxy groups -OCH3 is 1. The fourth-order valence-corrected chi connectivity index (χ4v) is 2.41. The van der Waals surface area contributed by atoms with Crippen molar-refractivity contribution in [1.82, 2.24) is 5.32 Å². The largest absolute Gasteiger partial charge is 0.382 e. The van der Waals surface area contributed by atoms with Gasteiger partial charge in [-0.1, -0.05) is 6.92 Å². The average Bonchev–Trinajstić information content (AvgIpc) is 2.85. The lowest BCUT2D eigenvalue weighted by Gasteiger charge is -2.22. The Balaban J connectivity index is 2.22. The van der Waals surface area contributed by atoms with Gasteiger partial charge in [0.1, 0.15) is 0 Å². The SMILES string of the molecule is CCCNC(CCC1CCCO1)CC(C)OC. The molecule has 3 atom stereocenters. The molecule has 1 heterocycles. The summed E-state index contributed by atoms with van der Waals surface area (Å²) >= 11 is 0. The highest BCUT2D eigenvalue weighted by Gasteiger charge is 2.18. The van der Waals surface area contributed by atoms with Crippen molar-refractivity contribution < 1.29 is 9.47 Å². The van der Waals surface area contributed by atoms with E-state index in [4.69, 9.17) is 9.47 Å². The van der Waals surface area contributed by atoms with Gasteiger partial charge >= 0.3 is 0 Å². The van der Waals surface area contributed by atoms with Crippen molar-refractivity contribution in [3.8, 4) is 0 Å². The number of ether oxygens (including phenoxy) is 2. The summed E-state index contributed by atoms with van der Waals surface area (Å²) in [5.41, 5.74) is 0. The van der Waals surface area contributed by atoms with E-state index in [-0.39, 0.29) is 0 Å². The maximum absolute atomic E-state index is 5.68. The van der Waals surface area contributed by atoms with Crippen molar-refractivity contribution in [2.75, 3.05) is 20.3 Å². The Morgan fingerprint density at radius 1 is 1.47 bits per heavy atom. The van der Waals surface area contributed by atoms with Crippen LogP contribution in [0.25, 0.3) is 0 Å². The molecule has 0 aromatic carbocycles. The van der Waals surface area contributed by atoms with Gasteiger partial charge in [0.2, 0.25) is 0 Å². The van der Waals surface area contributed by atoms with Crippen LogP contribution in [-0.4, -0.2) is 38.5 Å². The topological polar surface area (TPSA) is 30.5 Å². The summed E-state index contributed by atoms with van der Waals surface area (Å²) in [7, 11) is 1.79. The van der Waals surface area contributed by atoms with Crippen molar-refractivity contribution in [2.45, 2.75) is 70.6 Å². The van der Waals surface area contributed by atoms with Crippen LogP contribution in [0.4, 0.5) is 0 Å². The molecule has 0 spiro atoms. The zero-order valence-electron chi connectivity index (χ0n) is 11.7. The highest BCUT2D eigenvalue weighted by molar-refractivity contribution is 4.74. The molecule has 0 saturated carbocycles. The van der Waals surface area contributed by atoms with E-state index in [1.54, 1.807) is 7.11 Å². The third-order valence-corrected chi connectivity index (χ3v) is 3.56. The van der Waals surface area contributed by atoms with Crippen molar-refractivity contribution in [2.24, 2.45) is 0 Å². The lowest BCUT2D eigenvalue weighted by molar-refractivity contribution is 0.0842. The minimum absolute atomic E-state index is 0.342. The maximum Gasteiger partial charge on any atom is 0.0576 e. The van der Waals surface area contributed by atoms with Crippen LogP contribution in [0.15, 0.2) is 0 Å². The lowest BCUT2D eigenvalue weighted by Crippen LogP contribution is -2.34. The monoisotopic (exact) mass is 243 g/mol. The summed E-state index contributed by atoms with van der Waals surface area (Å²) in [4.78, 5) is 0. The first-order valence-electron chi connectivity index (χ1n) is 7.14. The molecule has 0 amide bonds. The molecule has 3 unspecified atom stereocenters. The molecule has 17 heavy (non-hydrogen) atoms. The number of hydrogen-bond donors (Lipinski definition) is 1. The molecule has 0 aliphatic carbocycles. The van der Waals surface area contributed by atoms with Crippen molar-refractivity contribution in [3.05, 3.63) is 0 Å². The van der Waals surface area contributed by atoms with Gasteiger partial charge in [-0.3, -0.25) is 0 Å². The van der Waals surface area contributed by atoms with Gasteiger partial charge in [0, 0.05) is 19.8 Å². The molecule has 3 nitrogen and oxygen atoms in total. The molecule has 1 fully saturated rings. The van der Waals surface area contributed by atoms with Crippen LogP contribution in [-0.2, 0) is 9.47 Å². The van der Waals surface area contributed by atoms with Gasteiger partial charge in [-0.15, -0.1) is 0 Å². The molecular formula is C14H29NO2. The summed E-state index contributed by atoms with van der Waals surface area (Å²) in [5.74, 6) is 0. The first kappa shape index (κ1) is 14.9. The standard InChI is InChI=1S/C14H29NO2/c1-4-9-15-13(11-12(2)16-3)7-8-14-6-5-10-17-14/h12-15H,4-11H2,1-3H3. The molecule has 0 aromatic heterocycles. The average molecular weight is 243 g/mol. The third-order valence-electron chi connectivity index (χ3n) is 3.56. The van der Waals surface area contributed by atoms with Crippen molar-refractivity contribution >= 4 is 0 Å². The second kappa shape index (κ2) is 8.90. The molecule has 1 N–H and O–H groups in total. The van der Waals surface area contributed by atoms with E-state index in [1.165, 1.54) is 32.1 Å². The molecule has 0 radical (unpaired) electrons. The molecule has 1 rings (SSSR count). The Kier molecular flexibility index (Phi) is 7.82. The number of rotatable bonds is 9. The molecular weight excluding hydrogens is 214 g/mol. The minimum atomic E-state index is 0.342. The molecule has 102 valence electrons. The first-order valence-corrected chi connectivity index (χ1v) is 7.14. The summed E-state index contributed by atoms with van der Waals surface area (Å²) in [5, 5.41) is 3.62. The Hall–Kier alpha value is -0.120.